The molecule has 0 saturated carbocycles. The van der Waals surface area contributed by atoms with Crippen LogP contribution in [0.5, 0.6) is 5.88 Å². The third kappa shape index (κ3) is 3.14. The fourth-order valence-corrected chi connectivity index (χ4v) is 3.72. The summed E-state index contributed by atoms with van der Waals surface area (Å²) in [5.41, 5.74) is -3.17. The molecule has 27 heavy (non-hydrogen) atoms. The van der Waals surface area contributed by atoms with Gasteiger partial charge in [0.25, 0.3) is 0 Å². The van der Waals surface area contributed by atoms with E-state index in [2.05, 4.69) is 4.98 Å². The SMILES string of the molecule is CSc1c(-c2ccc(F)cc2F)c(C(F)(F)F)cc2c(O)nc(=O)n(C)c12. The quantitative estimate of drug-likeness (QED) is 0.512. The number of fused-ring (bicyclic) bond motifs is 1. The van der Waals surface area contributed by atoms with Crippen molar-refractivity contribution in [1.29, 1.82) is 0 Å². The van der Waals surface area contributed by atoms with E-state index in [1.165, 1.54) is 13.3 Å². The lowest BCUT2D eigenvalue weighted by molar-refractivity contribution is -0.137. The van der Waals surface area contributed by atoms with E-state index in [9.17, 15) is 31.9 Å². The monoisotopic (exact) mass is 402 g/mol. The van der Waals surface area contributed by atoms with Gasteiger partial charge in [0.1, 0.15) is 11.6 Å². The van der Waals surface area contributed by atoms with Crippen molar-refractivity contribution >= 4 is 22.7 Å². The molecule has 2 aromatic carbocycles. The number of thioether (sulfide) groups is 1. The predicted molar refractivity (Wildman–Crippen MR) is 90.8 cm³/mol. The number of alkyl halides is 3. The Kier molecular flexibility index (Phi) is 4.62. The number of hydrogen-bond donors (Lipinski definition) is 1. The van der Waals surface area contributed by atoms with Crippen molar-refractivity contribution in [3.05, 3.63) is 51.9 Å². The lowest BCUT2D eigenvalue weighted by Gasteiger charge is -2.20. The van der Waals surface area contributed by atoms with Gasteiger partial charge in [0, 0.05) is 29.1 Å². The highest BCUT2D eigenvalue weighted by Crippen LogP contribution is 2.46. The molecule has 3 aromatic rings. The van der Waals surface area contributed by atoms with Gasteiger partial charge in [-0.1, -0.05) is 0 Å². The van der Waals surface area contributed by atoms with Crippen LogP contribution in [0.4, 0.5) is 22.0 Å². The van der Waals surface area contributed by atoms with Gasteiger partial charge in [0.2, 0.25) is 5.88 Å². The number of nitrogens with zero attached hydrogens (tertiary/aromatic N) is 2. The largest absolute Gasteiger partial charge is 0.493 e. The molecule has 0 bridgehead atoms. The van der Waals surface area contributed by atoms with Gasteiger partial charge in [0.15, 0.2) is 0 Å². The van der Waals surface area contributed by atoms with Gasteiger partial charge in [-0.05, 0) is 24.5 Å². The minimum Gasteiger partial charge on any atom is -0.493 e. The van der Waals surface area contributed by atoms with Gasteiger partial charge in [-0.25, -0.2) is 13.6 Å². The molecule has 1 aromatic heterocycles. The number of rotatable bonds is 2. The molecule has 0 aliphatic carbocycles. The second kappa shape index (κ2) is 6.52. The highest BCUT2D eigenvalue weighted by atomic mass is 32.2. The van der Waals surface area contributed by atoms with Gasteiger partial charge in [0.05, 0.1) is 16.5 Å². The topological polar surface area (TPSA) is 55.1 Å². The van der Waals surface area contributed by atoms with E-state index in [1.54, 1.807) is 0 Å². The van der Waals surface area contributed by atoms with Crippen LogP contribution < -0.4 is 5.69 Å². The maximum absolute atomic E-state index is 14.3. The van der Waals surface area contributed by atoms with Crippen LogP contribution in [-0.4, -0.2) is 20.9 Å². The summed E-state index contributed by atoms with van der Waals surface area (Å²) in [4.78, 5) is 15.1. The Morgan fingerprint density at radius 1 is 1.19 bits per heavy atom. The van der Waals surface area contributed by atoms with E-state index < -0.39 is 46.1 Å². The molecule has 142 valence electrons. The van der Waals surface area contributed by atoms with Gasteiger partial charge >= 0.3 is 11.9 Å². The molecule has 4 nitrogen and oxygen atoms in total. The molecule has 3 rings (SSSR count). The van der Waals surface area contributed by atoms with Crippen LogP contribution in [0.3, 0.4) is 0 Å². The minimum atomic E-state index is -4.91. The van der Waals surface area contributed by atoms with Gasteiger partial charge in [-0.3, -0.25) is 4.57 Å². The fourth-order valence-electron chi connectivity index (χ4n) is 2.85. The van der Waals surface area contributed by atoms with Crippen molar-refractivity contribution in [2.75, 3.05) is 6.26 Å². The second-order valence-electron chi connectivity index (χ2n) is 5.63. The first-order valence-corrected chi connectivity index (χ1v) is 8.62. The summed E-state index contributed by atoms with van der Waals surface area (Å²) in [5, 5.41) is 9.61. The summed E-state index contributed by atoms with van der Waals surface area (Å²) in [6.45, 7) is 0. The van der Waals surface area contributed by atoms with Crippen LogP contribution in [0.25, 0.3) is 22.0 Å². The Morgan fingerprint density at radius 3 is 2.41 bits per heavy atom. The third-order valence-corrected chi connectivity index (χ3v) is 4.84. The molecule has 0 saturated heterocycles. The first-order valence-electron chi connectivity index (χ1n) is 7.39. The predicted octanol–water partition coefficient (Wildman–Crippen LogP) is 4.33. The van der Waals surface area contributed by atoms with Crippen molar-refractivity contribution in [1.82, 2.24) is 9.55 Å². The van der Waals surface area contributed by atoms with Crippen LogP contribution >= 0.6 is 11.8 Å². The summed E-state index contributed by atoms with van der Waals surface area (Å²) in [7, 11) is 1.27. The molecule has 10 heteroatoms. The van der Waals surface area contributed by atoms with Crippen molar-refractivity contribution in [3.8, 4) is 17.0 Å². The maximum atomic E-state index is 14.3. The molecule has 1 heterocycles. The van der Waals surface area contributed by atoms with Crippen LogP contribution in [0.1, 0.15) is 5.56 Å². The molecule has 1 N–H and O–H groups in total. The summed E-state index contributed by atoms with van der Waals surface area (Å²) in [6.07, 6.45) is -3.46. The standard InChI is InChI=1S/C17H11F5N2O2S/c1-24-13-9(15(25)23-16(24)26)6-10(17(20,21)22)12(14(13)27-2)8-4-3-7(18)5-11(8)19/h3-6H,1-2H3,(H,23,25,26). The highest BCUT2D eigenvalue weighted by molar-refractivity contribution is 7.99. The Hall–Kier alpha value is -2.62. The molecule has 0 aliphatic heterocycles. The molecular weight excluding hydrogens is 391 g/mol. The van der Waals surface area contributed by atoms with E-state index in [-0.39, 0.29) is 15.8 Å². The second-order valence-corrected chi connectivity index (χ2v) is 6.44. The Morgan fingerprint density at radius 2 is 1.85 bits per heavy atom. The molecule has 0 spiro atoms. The Balaban J connectivity index is 2.61. The normalized spacial score (nSPS) is 12.0. The van der Waals surface area contributed by atoms with Gasteiger partial charge < -0.3 is 5.11 Å². The minimum absolute atomic E-state index is 0.0354. The summed E-state index contributed by atoms with van der Waals surface area (Å²) in [5.74, 6) is -2.98. The zero-order valence-corrected chi connectivity index (χ0v) is 14.7. The fraction of sp³-hybridized carbons (Fsp3) is 0.176. The van der Waals surface area contributed by atoms with E-state index in [0.717, 1.165) is 28.5 Å². The third-order valence-electron chi connectivity index (χ3n) is 4.03. The number of aromatic hydroxyl groups is 1. The van der Waals surface area contributed by atoms with E-state index in [4.69, 9.17) is 0 Å². The molecule has 0 unspecified atom stereocenters. The van der Waals surface area contributed by atoms with Crippen molar-refractivity contribution in [2.24, 2.45) is 7.05 Å². The van der Waals surface area contributed by atoms with Crippen molar-refractivity contribution < 1.29 is 27.1 Å². The van der Waals surface area contributed by atoms with Crippen LogP contribution in [-0.2, 0) is 13.2 Å². The highest BCUT2D eigenvalue weighted by Gasteiger charge is 2.37. The lowest BCUT2D eigenvalue weighted by Crippen LogP contribution is -2.21. The smallest absolute Gasteiger partial charge is 0.417 e. The molecule has 0 fully saturated rings. The number of benzene rings is 2. The van der Waals surface area contributed by atoms with Crippen molar-refractivity contribution in [2.45, 2.75) is 11.1 Å². The zero-order valence-electron chi connectivity index (χ0n) is 13.9. The van der Waals surface area contributed by atoms with Gasteiger partial charge in [-0.15, -0.1) is 11.8 Å². The molecule has 0 radical (unpaired) electrons. The summed E-state index contributed by atoms with van der Waals surface area (Å²) in [6, 6.07) is 2.83. The van der Waals surface area contributed by atoms with E-state index >= 15 is 0 Å². The average molecular weight is 402 g/mol. The number of halogens is 5. The molecule has 0 amide bonds. The first-order chi connectivity index (χ1) is 12.6. The summed E-state index contributed by atoms with van der Waals surface area (Å²) >= 11 is 0.835. The Labute approximate surface area is 153 Å². The number of aromatic nitrogens is 2. The summed E-state index contributed by atoms with van der Waals surface area (Å²) < 4.78 is 69.7. The Bertz CT molecular complexity index is 1130. The number of aryl methyl sites for hydroxylation is 1. The average Bonchev–Trinajstić information content (AvgIpc) is 2.57. The van der Waals surface area contributed by atoms with Crippen molar-refractivity contribution in [3.63, 3.8) is 0 Å². The molecule has 0 atom stereocenters. The van der Waals surface area contributed by atoms with E-state index in [1.807, 2.05) is 0 Å². The lowest BCUT2D eigenvalue weighted by atomic mass is 9.96. The zero-order chi connectivity index (χ0) is 20.1. The van der Waals surface area contributed by atoms with Crippen LogP contribution in [0.2, 0.25) is 0 Å². The first kappa shape index (κ1) is 19.2. The molecule has 0 aliphatic rings. The van der Waals surface area contributed by atoms with Crippen LogP contribution in [0, 0.1) is 11.6 Å². The van der Waals surface area contributed by atoms with Gasteiger partial charge in [-0.2, -0.15) is 18.2 Å². The molecular formula is C17H11F5N2O2S. The number of hydrogen-bond acceptors (Lipinski definition) is 4. The maximum Gasteiger partial charge on any atom is 0.417 e. The van der Waals surface area contributed by atoms with E-state index in [0.29, 0.717) is 12.1 Å². The van der Waals surface area contributed by atoms with Crippen LogP contribution in [0.15, 0.2) is 34.0 Å².